The number of amides is 1. The van der Waals surface area contributed by atoms with Crippen LogP contribution in [0.3, 0.4) is 0 Å². The third-order valence-corrected chi connectivity index (χ3v) is 4.60. The van der Waals surface area contributed by atoms with E-state index in [1.165, 1.54) is 19.2 Å². The molecular formula is C20H24FN3O2. The third-order valence-electron chi connectivity index (χ3n) is 4.60. The normalized spacial score (nSPS) is 15.0. The second-order valence-electron chi connectivity index (χ2n) is 6.50. The summed E-state index contributed by atoms with van der Waals surface area (Å²) in [7, 11) is 3.53. The summed E-state index contributed by atoms with van der Waals surface area (Å²) in [5, 5.41) is 2.97. The number of hydrogen-bond acceptors (Lipinski definition) is 4. The number of nitrogens with one attached hydrogen (secondary N) is 1. The first kappa shape index (κ1) is 18.2. The topological polar surface area (TPSA) is 44.8 Å². The number of halogens is 1. The monoisotopic (exact) mass is 357 g/mol. The van der Waals surface area contributed by atoms with Gasteiger partial charge in [0.05, 0.1) is 24.9 Å². The summed E-state index contributed by atoms with van der Waals surface area (Å²) < 4.78 is 18.7. The predicted octanol–water partition coefficient (Wildman–Crippen LogP) is 2.77. The molecule has 5 nitrogen and oxygen atoms in total. The fourth-order valence-corrected chi connectivity index (χ4v) is 3.10. The van der Waals surface area contributed by atoms with Crippen LogP contribution < -0.4 is 15.0 Å². The van der Waals surface area contributed by atoms with Crippen LogP contribution in [0.15, 0.2) is 42.5 Å². The van der Waals surface area contributed by atoms with Gasteiger partial charge in [-0.25, -0.2) is 4.39 Å². The highest BCUT2D eigenvalue weighted by atomic mass is 19.1. The lowest BCUT2D eigenvalue weighted by molar-refractivity contribution is -0.115. The Morgan fingerprint density at radius 3 is 2.58 bits per heavy atom. The molecule has 138 valence electrons. The standard InChI is InChI=1S/C20H24FN3O2/c1-23-9-11-24(12-10-23)18-6-4-3-5-17(18)22-20(25)14-15-7-8-19(26-2)16(21)13-15/h3-8,13H,9-12,14H2,1-2H3,(H,22,25). The lowest BCUT2D eigenvalue weighted by Gasteiger charge is -2.35. The molecule has 0 unspecified atom stereocenters. The van der Waals surface area contributed by atoms with Gasteiger partial charge in [-0.2, -0.15) is 0 Å². The number of benzene rings is 2. The number of para-hydroxylation sites is 2. The van der Waals surface area contributed by atoms with Crippen molar-refractivity contribution in [2.45, 2.75) is 6.42 Å². The zero-order valence-electron chi connectivity index (χ0n) is 15.2. The number of rotatable bonds is 5. The molecule has 2 aromatic rings. The molecule has 0 aromatic heterocycles. The van der Waals surface area contributed by atoms with Crippen LogP contribution in [0, 0.1) is 5.82 Å². The highest BCUT2D eigenvalue weighted by Gasteiger charge is 2.18. The van der Waals surface area contributed by atoms with Crippen molar-refractivity contribution in [3.05, 3.63) is 53.8 Å². The van der Waals surface area contributed by atoms with Crippen molar-refractivity contribution >= 4 is 17.3 Å². The number of methoxy groups -OCH3 is 1. The molecule has 1 saturated heterocycles. The average Bonchev–Trinajstić information content (AvgIpc) is 2.63. The van der Waals surface area contributed by atoms with Crippen LogP contribution >= 0.6 is 0 Å². The molecule has 2 aromatic carbocycles. The Morgan fingerprint density at radius 1 is 1.15 bits per heavy atom. The van der Waals surface area contributed by atoms with Gasteiger partial charge in [-0.15, -0.1) is 0 Å². The zero-order valence-corrected chi connectivity index (χ0v) is 15.2. The smallest absolute Gasteiger partial charge is 0.228 e. The first-order chi connectivity index (χ1) is 12.6. The van der Waals surface area contributed by atoms with Gasteiger partial charge < -0.3 is 19.9 Å². The van der Waals surface area contributed by atoms with Gasteiger partial charge in [-0.1, -0.05) is 18.2 Å². The van der Waals surface area contributed by atoms with Gasteiger partial charge in [-0.05, 0) is 36.9 Å². The van der Waals surface area contributed by atoms with Gasteiger partial charge >= 0.3 is 0 Å². The van der Waals surface area contributed by atoms with E-state index in [1.807, 2.05) is 24.3 Å². The van der Waals surface area contributed by atoms with E-state index in [-0.39, 0.29) is 18.1 Å². The third kappa shape index (κ3) is 4.32. The predicted molar refractivity (Wildman–Crippen MR) is 101 cm³/mol. The van der Waals surface area contributed by atoms with Crippen molar-refractivity contribution in [3.63, 3.8) is 0 Å². The molecule has 1 aliphatic heterocycles. The van der Waals surface area contributed by atoms with Crippen LogP contribution in [0.25, 0.3) is 0 Å². The van der Waals surface area contributed by atoms with E-state index >= 15 is 0 Å². The minimum absolute atomic E-state index is 0.109. The minimum Gasteiger partial charge on any atom is -0.494 e. The summed E-state index contributed by atoms with van der Waals surface area (Å²) in [5.74, 6) is -0.457. The van der Waals surface area contributed by atoms with Crippen molar-refractivity contribution in [2.75, 3.05) is 50.6 Å². The number of likely N-dealkylation sites (N-methyl/N-ethyl adjacent to an activating group) is 1. The molecule has 0 spiro atoms. The van der Waals surface area contributed by atoms with E-state index in [4.69, 9.17) is 4.74 Å². The summed E-state index contributed by atoms with van der Waals surface area (Å²) >= 11 is 0. The molecule has 0 aliphatic carbocycles. The molecular weight excluding hydrogens is 333 g/mol. The summed E-state index contributed by atoms with van der Waals surface area (Å²) in [6.45, 7) is 3.83. The number of nitrogens with zero attached hydrogens (tertiary/aromatic N) is 2. The zero-order chi connectivity index (χ0) is 18.5. The molecule has 1 N–H and O–H groups in total. The maximum atomic E-state index is 13.8. The van der Waals surface area contributed by atoms with Crippen LogP contribution in [-0.2, 0) is 11.2 Å². The second kappa shape index (κ2) is 8.19. The number of carbonyl (C=O) groups excluding carboxylic acids is 1. The van der Waals surface area contributed by atoms with Crippen molar-refractivity contribution < 1.29 is 13.9 Å². The van der Waals surface area contributed by atoms with Gasteiger partial charge in [-0.3, -0.25) is 4.79 Å². The number of hydrogen-bond donors (Lipinski definition) is 1. The fourth-order valence-electron chi connectivity index (χ4n) is 3.10. The van der Waals surface area contributed by atoms with Gasteiger partial charge in [0.15, 0.2) is 11.6 Å². The first-order valence-corrected chi connectivity index (χ1v) is 8.71. The van der Waals surface area contributed by atoms with E-state index in [2.05, 4.69) is 22.2 Å². The Morgan fingerprint density at radius 2 is 1.88 bits per heavy atom. The Hall–Kier alpha value is -2.60. The van der Waals surface area contributed by atoms with Crippen molar-refractivity contribution in [3.8, 4) is 5.75 Å². The SMILES string of the molecule is COc1ccc(CC(=O)Nc2ccccc2N2CCN(C)CC2)cc1F. The highest BCUT2D eigenvalue weighted by Crippen LogP contribution is 2.27. The van der Waals surface area contributed by atoms with E-state index in [1.54, 1.807) is 6.07 Å². The Bertz CT molecular complexity index is 773. The molecule has 6 heteroatoms. The molecule has 1 fully saturated rings. The van der Waals surface area contributed by atoms with Crippen LogP contribution in [0.1, 0.15) is 5.56 Å². The molecule has 0 bridgehead atoms. The van der Waals surface area contributed by atoms with Crippen LogP contribution in [0.4, 0.5) is 15.8 Å². The molecule has 0 atom stereocenters. The summed E-state index contributed by atoms with van der Waals surface area (Å²) in [5.41, 5.74) is 2.42. The maximum Gasteiger partial charge on any atom is 0.228 e. The number of anilines is 2. The van der Waals surface area contributed by atoms with E-state index in [0.717, 1.165) is 37.6 Å². The Kier molecular flexibility index (Phi) is 5.73. The molecule has 3 rings (SSSR count). The van der Waals surface area contributed by atoms with Gasteiger partial charge in [0, 0.05) is 26.2 Å². The second-order valence-corrected chi connectivity index (χ2v) is 6.50. The molecule has 1 heterocycles. The summed E-state index contributed by atoms with van der Waals surface area (Å²) in [6.07, 6.45) is 0.109. The van der Waals surface area contributed by atoms with E-state index < -0.39 is 5.82 Å². The fraction of sp³-hybridized carbons (Fsp3) is 0.350. The first-order valence-electron chi connectivity index (χ1n) is 8.71. The number of carbonyl (C=O) groups is 1. The minimum atomic E-state index is -0.462. The Balaban J connectivity index is 1.69. The lowest BCUT2D eigenvalue weighted by atomic mass is 10.1. The molecule has 26 heavy (non-hydrogen) atoms. The Labute approximate surface area is 153 Å². The molecule has 0 saturated carbocycles. The summed E-state index contributed by atoms with van der Waals surface area (Å²) in [4.78, 5) is 17.0. The van der Waals surface area contributed by atoms with Crippen LogP contribution in [-0.4, -0.2) is 51.1 Å². The van der Waals surface area contributed by atoms with E-state index in [9.17, 15) is 9.18 Å². The average molecular weight is 357 g/mol. The molecule has 1 amide bonds. The van der Waals surface area contributed by atoms with E-state index in [0.29, 0.717) is 5.56 Å². The van der Waals surface area contributed by atoms with Crippen LogP contribution in [0.2, 0.25) is 0 Å². The van der Waals surface area contributed by atoms with Gasteiger partial charge in [0.2, 0.25) is 5.91 Å². The largest absolute Gasteiger partial charge is 0.494 e. The van der Waals surface area contributed by atoms with Crippen molar-refractivity contribution in [1.82, 2.24) is 4.90 Å². The number of piperazine rings is 1. The highest BCUT2D eigenvalue weighted by molar-refractivity contribution is 5.95. The molecule has 0 radical (unpaired) electrons. The van der Waals surface area contributed by atoms with Crippen LogP contribution in [0.5, 0.6) is 5.75 Å². The molecule has 1 aliphatic rings. The maximum absolute atomic E-state index is 13.8. The van der Waals surface area contributed by atoms with Gasteiger partial charge in [0.1, 0.15) is 0 Å². The lowest BCUT2D eigenvalue weighted by Crippen LogP contribution is -2.44. The van der Waals surface area contributed by atoms with Crippen molar-refractivity contribution in [1.29, 1.82) is 0 Å². The number of ether oxygens (including phenoxy) is 1. The quantitative estimate of drug-likeness (QED) is 0.894. The van der Waals surface area contributed by atoms with Gasteiger partial charge in [0.25, 0.3) is 0 Å². The summed E-state index contributed by atoms with van der Waals surface area (Å²) in [6, 6.07) is 12.4. The van der Waals surface area contributed by atoms with Crippen molar-refractivity contribution in [2.24, 2.45) is 0 Å².